The van der Waals surface area contributed by atoms with E-state index in [1.165, 1.54) is 0 Å². The molecular formula is C9H8N6O7S. The maximum atomic E-state index is 11.3. The number of benzene rings is 1. The monoisotopic (exact) mass is 344 g/mol. The van der Waals surface area contributed by atoms with Crippen LogP contribution in [0.4, 0.5) is 5.69 Å². The fourth-order valence-corrected chi connectivity index (χ4v) is 2.28. The minimum atomic E-state index is -4.92. The number of aromatic nitrogens is 4. The van der Waals surface area contributed by atoms with E-state index < -0.39 is 37.4 Å². The number of nitro benzene ring substituents is 1. The second-order valence-electron chi connectivity index (χ2n) is 3.99. The Kier molecular flexibility index (Phi) is 3.94. The van der Waals surface area contributed by atoms with Gasteiger partial charge < -0.3 is 10.5 Å². The molecule has 1 heterocycles. The SMILES string of the molecule is COc1cc([N+](=O)[O-])c(S(=O)(=O)O)cc1-n1nnc(C(N)=O)n1. The molecule has 0 unspecified atom stereocenters. The maximum Gasteiger partial charge on any atom is 0.301 e. The number of hydrogen-bond donors (Lipinski definition) is 2. The van der Waals surface area contributed by atoms with Gasteiger partial charge in [-0.3, -0.25) is 19.5 Å². The molecule has 23 heavy (non-hydrogen) atoms. The molecule has 0 spiro atoms. The van der Waals surface area contributed by atoms with Crippen molar-refractivity contribution in [3.05, 3.63) is 28.1 Å². The molecule has 0 fully saturated rings. The van der Waals surface area contributed by atoms with Gasteiger partial charge in [0.2, 0.25) is 0 Å². The van der Waals surface area contributed by atoms with Crippen LogP contribution in [0.3, 0.4) is 0 Å². The third-order valence-electron chi connectivity index (χ3n) is 2.58. The number of amides is 1. The van der Waals surface area contributed by atoms with Crippen LogP contribution in [0.15, 0.2) is 17.0 Å². The van der Waals surface area contributed by atoms with Gasteiger partial charge in [0.25, 0.3) is 17.4 Å². The summed E-state index contributed by atoms with van der Waals surface area (Å²) >= 11 is 0. The zero-order chi connectivity index (χ0) is 17.4. The highest BCUT2D eigenvalue weighted by Gasteiger charge is 2.28. The van der Waals surface area contributed by atoms with Gasteiger partial charge in [-0.2, -0.15) is 8.42 Å². The molecule has 1 aromatic carbocycles. The van der Waals surface area contributed by atoms with Gasteiger partial charge in [-0.1, -0.05) is 0 Å². The van der Waals surface area contributed by atoms with Crippen LogP contribution in [0, 0.1) is 10.1 Å². The third kappa shape index (κ3) is 3.06. The van der Waals surface area contributed by atoms with Gasteiger partial charge in [0.05, 0.1) is 18.1 Å². The molecule has 14 heteroatoms. The summed E-state index contributed by atoms with van der Waals surface area (Å²) in [7, 11) is -3.77. The van der Waals surface area contributed by atoms with Crippen molar-refractivity contribution < 1.29 is 27.4 Å². The highest BCUT2D eigenvalue weighted by Crippen LogP contribution is 2.33. The number of carbonyl (C=O) groups is 1. The quantitative estimate of drug-likeness (QED) is 0.383. The molecular weight excluding hydrogens is 336 g/mol. The van der Waals surface area contributed by atoms with Crippen molar-refractivity contribution in [2.24, 2.45) is 5.73 Å². The Hall–Kier alpha value is -3.13. The molecule has 0 radical (unpaired) electrons. The van der Waals surface area contributed by atoms with Crippen LogP contribution in [0.25, 0.3) is 5.69 Å². The Morgan fingerprint density at radius 1 is 1.48 bits per heavy atom. The first kappa shape index (κ1) is 16.2. The average molecular weight is 344 g/mol. The Morgan fingerprint density at radius 2 is 2.13 bits per heavy atom. The number of nitro groups is 1. The van der Waals surface area contributed by atoms with E-state index in [-0.39, 0.29) is 11.4 Å². The van der Waals surface area contributed by atoms with Crippen LogP contribution in [0.1, 0.15) is 10.6 Å². The van der Waals surface area contributed by atoms with E-state index in [2.05, 4.69) is 15.4 Å². The molecule has 2 rings (SSSR count). The Bertz CT molecular complexity index is 905. The topological polar surface area (TPSA) is 193 Å². The van der Waals surface area contributed by atoms with Crippen LogP contribution >= 0.6 is 0 Å². The second-order valence-corrected chi connectivity index (χ2v) is 5.38. The lowest BCUT2D eigenvalue weighted by molar-refractivity contribution is -0.388. The summed E-state index contributed by atoms with van der Waals surface area (Å²) in [4.78, 5) is 20.6. The van der Waals surface area contributed by atoms with E-state index in [9.17, 15) is 23.3 Å². The Morgan fingerprint density at radius 3 is 2.57 bits per heavy atom. The Balaban J connectivity index is 2.76. The zero-order valence-electron chi connectivity index (χ0n) is 11.3. The molecule has 122 valence electrons. The molecule has 13 nitrogen and oxygen atoms in total. The van der Waals surface area contributed by atoms with Gasteiger partial charge in [0.15, 0.2) is 10.6 Å². The molecule has 0 saturated carbocycles. The number of nitrogens with two attached hydrogens (primary N) is 1. The summed E-state index contributed by atoms with van der Waals surface area (Å²) in [6.07, 6.45) is 0. The number of tetrazole rings is 1. The predicted octanol–water partition coefficient (Wildman–Crippen LogP) is -1.08. The number of nitrogens with zero attached hydrogens (tertiary/aromatic N) is 5. The molecule has 2 aromatic rings. The van der Waals surface area contributed by atoms with Gasteiger partial charge in [-0.15, -0.1) is 15.0 Å². The fourth-order valence-electron chi connectivity index (χ4n) is 1.62. The smallest absolute Gasteiger partial charge is 0.301 e. The second kappa shape index (κ2) is 5.58. The molecule has 1 amide bonds. The summed E-state index contributed by atoms with van der Waals surface area (Å²) in [6, 6.07) is 1.46. The third-order valence-corrected chi connectivity index (χ3v) is 3.47. The van der Waals surface area contributed by atoms with Crippen molar-refractivity contribution in [1.82, 2.24) is 20.2 Å². The normalized spacial score (nSPS) is 11.2. The van der Waals surface area contributed by atoms with Crippen LogP contribution in [-0.2, 0) is 10.1 Å². The van der Waals surface area contributed by atoms with E-state index in [1.807, 2.05) is 0 Å². The average Bonchev–Trinajstić information content (AvgIpc) is 2.94. The fraction of sp³-hybridized carbons (Fsp3) is 0.111. The van der Waals surface area contributed by atoms with E-state index in [0.717, 1.165) is 13.2 Å². The van der Waals surface area contributed by atoms with Crippen LogP contribution in [-0.4, -0.2) is 51.1 Å². The number of hydrogen-bond acceptors (Lipinski definition) is 9. The highest BCUT2D eigenvalue weighted by atomic mass is 32.2. The maximum absolute atomic E-state index is 11.3. The summed E-state index contributed by atoms with van der Waals surface area (Å²) < 4.78 is 36.7. The van der Waals surface area contributed by atoms with Gasteiger partial charge in [0.1, 0.15) is 5.69 Å². The lowest BCUT2D eigenvalue weighted by atomic mass is 10.2. The van der Waals surface area contributed by atoms with Crippen molar-refractivity contribution in [1.29, 1.82) is 0 Å². The first-order valence-electron chi connectivity index (χ1n) is 5.59. The predicted molar refractivity (Wildman–Crippen MR) is 70.7 cm³/mol. The molecule has 0 aliphatic carbocycles. The van der Waals surface area contributed by atoms with Gasteiger partial charge in [-0.25, -0.2) is 0 Å². The van der Waals surface area contributed by atoms with Crippen molar-refractivity contribution in [2.45, 2.75) is 4.90 Å². The van der Waals surface area contributed by atoms with Crippen molar-refractivity contribution in [3.63, 3.8) is 0 Å². The van der Waals surface area contributed by atoms with E-state index in [0.29, 0.717) is 10.9 Å². The molecule has 0 bridgehead atoms. The van der Waals surface area contributed by atoms with Crippen LogP contribution in [0.5, 0.6) is 5.75 Å². The van der Waals surface area contributed by atoms with Crippen molar-refractivity contribution in [3.8, 4) is 11.4 Å². The minimum Gasteiger partial charge on any atom is -0.494 e. The number of primary amides is 1. The largest absolute Gasteiger partial charge is 0.494 e. The van der Waals surface area contributed by atoms with E-state index in [1.54, 1.807) is 0 Å². The molecule has 0 aliphatic heterocycles. The number of rotatable bonds is 5. The number of ether oxygens (including phenoxy) is 1. The van der Waals surface area contributed by atoms with Crippen LogP contribution in [0.2, 0.25) is 0 Å². The standard InChI is InChI=1S/C9H8N6O7S/c1-22-6-2-5(15(17)18)7(23(19,20)21)3-4(6)14-12-9(8(10)16)11-13-14/h2-3H,1H3,(H2,10,16)(H,19,20,21). The number of methoxy groups -OCH3 is 1. The molecule has 0 atom stereocenters. The van der Waals surface area contributed by atoms with E-state index in [4.69, 9.17) is 15.0 Å². The first-order chi connectivity index (χ1) is 10.6. The molecule has 1 aromatic heterocycles. The Labute approximate surface area is 127 Å². The lowest BCUT2D eigenvalue weighted by Gasteiger charge is -2.08. The van der Waals surface area contributed by atoms with E-state index >= 15 is 0 Å². The highest BCUT2D eigenvalue weighted by molar-refractivity contribution is 7.86. The summed E-state index contributed by atoms with van der Waals surface area (Å²) in [6.45, 7) is 0. The molecule has 0 saturated heterocycles. The summed E-state index contributed by atoms with van der Waals surface area (Å²) in [5.41, 5.74) is 3.83. The molecule has 0 aliphatic rings. The van der Waals surface area contributed by atoms with Crippen LogP contribution < -0.4 is 10.5 Å². The minimum absolute atomic E-state index is 0.197. The summed E-state index contributed by atoms with van der Waals surface area (Å²) in [5, 5.41) is 21.3. The van der Waals surface area contributed by atoms with Crippen molar-refractivity contribution in [2.75, 3.05) is 7.11 Å². The molecule has 3 N–H and O–H groups in total. The van der Waals surface area contributed by atoms with Gasteiger partial charge in [-0.05, 0) is 11.3 Å². The van der Waals surface area contributed by atoms with Gasteiger partial charge in [0, 0.05) is 0 Å². The first-order valence-corrected chi connectivity index (χ1v) is 7.03. The zero-order valence-corrected chi connectivity index (χ0v) is 12.1. The van der Waals surface area contributed by atoms with Crippen molar-refractivity contribution >= 4 is 21.7 Å². The summed E-state index contributed by atoms with van der Waals surface area (Å²) in [5.74, 6) is -1.66. The number of carbonyl (C=O) groups excluding carboxylic acids is 1. The lowest BCUT2D eigenvalue weighted by Crippen LogP contribution is -2.14. The van der Waals surface area contributed by atoms with Gasteiger partial charge >= 0.3 is 10.1 Å².